The van der Waals surface area contributed by atoms with E-state index in [9.17, 15) is 9.59 Å². The van der Waals surface area contributed by atoms with Gasteiger partial charge < -0.3 is 19.3 Å². The van der Waals surface area contributed by atoms with Crippen molar-refractivity contribution < 1.29 is 19.1 Å². The first-order chi connectivity index (χ1) is 17.2. The van der Waals surface area contributed by atoms with Gasteiger partial charge in [0.25, 0.3) is 0 Å². The molecular formula is C28H42ClN3O4. The summed E-state index contributed by atoms with van der Waals surface area (Å²) in [6.07, 6.45) is 8.51. The van der Waals surface area contributed by atoms with E-state index in [0.29, 0.717) is 24.3 Å². The van der Waals surface area contributed by atoms with Crippen molar-refractivity contribution in [2.75, 3.05) is 34.9 Å². The van der Waals surface area contributed by atoms with Crippen LogP contribution in [0.15, 0.2) is 29.3 Å². The summed E-state index contributed by atoms with van der Waals surface area (Å²) in [5.41, 5.74) is 0.239. The number of esters is 2. The summed E-state index contributed by atoms with van der Waals surface area (Å²) in [4.78, 5) is 34.3. The molecule has 1 aliphatic heterocycles. The van der Waals surface area contributed by atoms with Crippen LogP contribution in [0.5, 0.6) is 0 Å². The Morgan fingerprint density at radius 3 is 2.36 bits per heavy atom. The summed E-state index contributed by atoms with van der Waals surface area (Å²) in [6, 6.07) is 8.47. The van der Waals surface area contributed by atoms with E-state index in [1.54, 1.807) is 6.34 Å². The number of carbonyl (C=O) groups is 2. The van der Waals surface area contributed by atoms with Gasteiger partial charge >= 0.3 is 11.9 Å². The van der Waals surface area contributed by atoms with Crippen molar-refractivity contribution >= 4 is 29.9 Å². The zero-order valence-corrected chi connectivity index (χ0v) is 23.2. The number of methoxy groups -OCH3 is 2. The SMILES string of the molecule is CCCN1C=NC(CCC(=O)OC)(C(=O)OC)C1CC1CCC(C(c2ccc(Cl)cc2)N(C)C)CC1. The maximum atomic E-state index is 13.1. The van der Waals surface area contributed by atoms with Gasteiger partial charge in [0, 0.05) is 24.0 Å². The highest BCUT2D eigenvalue weighted by atomic mass is 35.5. The molecule has 2 aliphatic rings. The molecule has 8 heteroatoms. The second kappa shape index (κ2) is 12.9. The third-order valence-corrected chi connectivity index (χ3v) is 8.26. The molecule has 1 saturated carbocycles. The number of rotatable bonds is 11. The van der Waals surface area contributed by atoms with Gasteiger partial charge in [-0.25, -0.2) is 4.79 Å². The van der Waals surface area contributed by atoms with E-state index >= 15 is 0 Å². The van der Waals surface area contributed by atoms with Gasteiger partial charge in [-0.3, -0.25) is 9.79 Å². The lowest BCUT2D eigenvalue weighted by atomic mass is 9.72. The molecule has 1 heterocycles. The molecule has 3 atom stereocenters. The van der Waals surface area contributed by atoms with E-state index in [4.69, 9.17) is 26.1 Å². The van der Waals surface area contributed by atoms with Crippen LogP contribution in [0, 0.1) is 11.8 Å². The highest BCUT2D eigenvalue weighted by molar-refractivity contribution is 6.30. The second-order valence-electron chi connectivity index (χ2n) is 10.5. The quantitative estimate of drug-likeness (QED) is 0.377. The molecule has 1 aliphatic carbocycles. The summed E-state index contributed by atoms with van der Waals surface area (Å²) in [6.45, 7) is 2.95. The number of aliphatic imine (C=N–C) groups is 1. The number of hydrogen-bond donors (Lipinski definition) is 0. The molecule has 0 N–H and O–H groups in total. The molecule has 1 aromatic carbocycles. The van der Waals surface area contributed by atoms with E-state index in [1.165, 1.54) is 19.8 Å². The third kappa shape index (κ3) is 6.41. The maximum absolute atomic E-state index is 13.1. The predicted molar refractivity (Wildman–Crippen MR) is 143 cm³/mol. The first-order valence-electron chi connectivity index (χ1n) is 13.1. The van der Waals surface area contributed by atoms with Crippen LogP contribution in [0.1, 0.15) is 69.9 Å². The summed E-state index contributed by atoms with van der Waals surface area (Å²) in [7, 11) is 7.07. The highest BCUT2D eigenvalue weighted by Gasteiger charge is 2.52. The molecule has 1 aromatic rings. The van der Waals surface area contributed by atoms with Crippen molar-refractivity contribution in [1.29, 1.82) is 0 Å². The number of benzene rings is 1. The van der Waals surface area contributed by atoms with Gasteiger partial charge in [0.1, 0.15) is 0 Å². The number of ether oxygens (including phenoxy) is 2. The van der Waals surface area contributed by atoms with E-state index in [1.807, 2.05) is 12.1 Å². The first kappa shape index (κ1) is 28.5. The minimum absolute atomic E-state index is 0.114. The molecule has 0 spiro atoms. The van der Waals surface area contributed by atoms with Crippen LogP contribution in [0.4, 0.5) is 0 Å². The maximum Gasteiger partial charge on any atom is 0.335 e. The first-order valence-corrected chi connectivity index (χ1v) is 13.5. The fourth-order valence-electron chi connectivity index (χ4n) is 6.22. The Morgan fingerprint density at radius 2 is 1.81 bits per heavy atom. The number of nitrogens with zero attached hydrogens (tertiary/aromatic N) is 3. The zero-order valence-electron chi connectivity index (χ0n) is 22.4. The minimum atomic E-state index is -1.07. The predicted octanol–water partition coefficient (Wildman–Crippen LogP) is 5.13. The van der Waals surface area contributed by atoms with Crippen molar-refractivity contribution in [2.24, 2.45) is 16.8 Å². The Morgan fingerprint density at radius 1 is 1.14 bits per heavy atom. The monoisotopic (exact) mass is 519 g/mol. The molecule has 0 bridgehead atoms. The Hall–Kier alpha value is -2.12. The number of halogens is 1. The molecular weight excluding hydrogens is 478 g/mol. The Kier molecular flexibility index (Phi) is 10.2. The minimum Gasteiger partial charge on any atom is -0.469 e. The molecule has 0 saturated heterocycles. The van der Waals surface area contributed by atoms with Gasteiger partial charge in [0.2, 0.25) is 0 Å². The standard InChI is InChI=1S/C28H42ClN3O4/c1-6-17-32-19-30-28(27(34)36-5,16-15-25(33)35-4)24(32)18-20-7-9-21(10-8-20)26(31(2)3)22-11-13-23(29)14-12-22/h11-14,19-21,24,26H,6-10,15-18H2,1-5H3. The molecule has 0 amide bonds. The van der Waals surface area contributed by atoms with Gasteiger partial charge in [-0.1, -0.05) is 43.5 Å². The van der Waals surface area contributed by atoms with Gasteiger partial charge in [0.15, 0.2) is 5.54 Å². The van der Waals surface area contributed by atoms with Crippen LogP contribution in [0.25, 0.3) is 0 Å². The zero-order chi connectivity index (χ0) is 26.3. The van der Waals surface area contributed by atoms with E-state index in [-0.39, 0.29) is 24.4 Å². The lowest BCUT2D eigenvalue weighted by molar-refractivity contribution is -0.150. The summed E-state index contributed by atoms with van der Waals surface area (Å²) in [5.74, 6) is 0.352. The number of carbonyl (C=O) groups excluding carboxylic acids is 2. The molecule has 3 rings (SSSR count). The van der Waals surface area contributed by atoms with Crippen LogP contribution in [0.2, 0.25) is 5.02 Å². The summed E-state index contributed by atoms with van der Waals surface area (Å²) in [5, 5.41) is 0.761. The topological polar surface area (TPSA) is 71.4 Å². The second-order valence-corrected chi connectivity index (χ2v) is 10.9. The Bertz CT molecular complexity index is 899. The van der Waals surface area contributed by atoms with Crippen LogP contribution >= 0.6 is 11.6 Å². The van der Waals surface area contributed by atoms with Crippen LogP contribution < -0.4 is 0 Å². The lowest BCUT2D eigenvalue weighted by Gasteiger charge is -2.41. The van der Waals surface area contributed by atoms with Gasteiger partial charge in [-0.15, -0.1) is 0 Å². The van der Waals surface area contributed by atoms with Crippen molar-refractivity contribution in [1.82, 2.24) is 9.80 Å². The van der Waals surface area contributed by atoms with Gasteiger partial charge in [-0.05, 0) is 75.7 Å². The molecule has 200 valence electrons. The summed E-state index contributed by atoms with van der Waals surface area (Å²) >= 11 is 6.13. The fraction of sp³-hybridized carbons (Fsp3) is 0.679. The lowest BCUT2D eigenvalue weighted by Crippen LogP contribution is -2.53. The van der Waals surface area contributed by atoms with E-state index in [0.717, 1.165) is 50.1 Å². The highest BCUT2D eigenvalue weighted by Crippen LogP contribution is 2.43. The fourth-order valence-corrected chi connectivity index (χ4v) is 6.35. The van der Waals surface area contributed by atoms with E-state index in [2.05, 4.69) is 43.0 Å². The Labute approximate surface area is 221 Å². The van der Waals surface area contributed by atoms with Crippen molar-refractivity contribution in [3.8, 4) is 0 Å². The van der Waals surface area contributed by atoms with Crippen molar-refractivity contribution in [3.05, 3.63) is 34.9 Å². The smallest absolute Gasteiger partial charge is 0.335 e. The average molecular weight is 520 g/mol. The van der Waals surface area contributed by atoms with Crippen LogP contribution in [0.3, 0.4) is 0 Å². The number of hydrogen-bond acceptors (Lipinski definition) is 7. The van der Waals surface area contributed by atoms with Crippen LogP contribution in [-0.2, 0) is 19.1 Å². The van der Waals surface area contributed by atoms with Gasteiger partial charge in [0.05, 0.1) is 26.6 Å². The molecule has 3 unspecified atom stereocenters. The third-order valence-electron chi connectivity index (χ3n) is 8.01. The molecule has 0 radical (unpaired) electrons. The van der Waals surface area contributed by atoms with Crippen LogP contribution in [-0.4, -0.2) is 74.5 Å². The van der Waals surface area contributed by atoms with Crippen molar-refractivity contribution in [3.63, 3.8) is 0 Å². The van der Waals surface area contributed by atoms with Crippen molar-refractivity contribution in [2.45, 2.75) is 75.9 Å². The Balaban J connectivity index is 1.73. The summed E-state index contributed by atoms with van der Waals surface area (Å²) < 4.78 is 10.1. The van der Waals surface area contributed by atoms with Gasteiger partial charge in [-0.2, -0.15) is 0 Å². The largest absolute Gasteiger partial charge is 0.469 e. The molecule has 7 nitrogen and oxygen atoms in total. The molecule has 1 fully saturated rings. The molecule has 36 heavy (non-hydrogen) atoms. The normalized spacial score (nSPS) is 26.8. The van der Waals surface area contributed by atoms with E-state index < -0.39 is 5.54 Å². The molecule has 0 aromatic heterocycles. The average Bonchev–Trinajstić information content (AvgIpc) is 3.22.